The first-order valence-corrected chi connectivity index (χ1v) is 9.92. The van der Waals surface area contributed by atoms with Crippen molar-refractivity contribution in [3.8, 4) is 5.69 Å². The van der Waals surface area contributed by atoms with E-state index < -0.39 is 10.0 Å². The number of hydrogen-bond donors (Lipinski definition) is 2. The maximum absolute atomic E-state index is 11.3. The summed E-state index contributed by atoms with van der Waals surface area (Å²) in [6, 6.07) is 13.8. The molecule has 0 bridgehead atoms. The lowest BCUT2D eigenvalue weighted by Gasteiger charge is -2.03. The molecule has 27 heavy (non-hydrogen) atoms. The number of aryl methyl sites for hydroxylation is 2. The molecular formula is C18H18ClN5O2S. The number of primary sulfonamides is 1. The Hall–Kier alpha value is -2.68. The van der Waals surface area contributed by atoms with Crippen LogP contribution < -0.4 is 10.6 Å². The Bertz CT molecular complexity index is 1090. The molecule has 0 unspecified atom stereocenters. The van der Waals surface area contributed by atoms with E-state index in [9.17, 15) is 8.42 Å². The van der Waals surface area contributed by atoms with Gasteiger partial charge in [-0.15, -0.1) is 0 Å². The van der Waals surface area contributed by atoms with Crippen molar-refractivity contribution in [2.75, 3.05) is 5.43 Å². The lowest BCUT2D eigenvalue weighted by molar-refractivity contribution is 0.598. The Kier molecular flexibility index (Phi) is 5.31. The van der Waals surface area contributed by atoms with E-state index in [4.69, 9.17) is 16.7 Å². The number of benzene rings is 2. The van der Waals surface area contributed by atoms with Crippen LogP contribution in [0.2, 0.25) is 5.15 Å². The highest BCUT2D eigenvalue weighted by Crippen LogP contribution is 2.22. The second-order valence-electron chi connectivity index (χ2n) is 5.98. The molecule has 0 aliphatic rings. The van der Waals surface area contributed by atoms with Gasteiger partial charge in [-0.05, 0) is 50.2 Å². The summed E-state index contributed by atoms with van der Waals surface area (Å²) in [7, 11) is -3.72. The van der Waals surface area contributed by atoms with Gasteiger partial charge in [0.1, 0.15) is 5.15 Å². The number of nitrogens with two attached hydrogens (primary N) is 1. The van der Waals surface area contributed by atoms with Crippen LogP contribution in [0.5, 0.6) is 0 Å². The van der Waals surface area contributed by atoms with Crippen molar-refractivity contribution in [3.05, 3.63) is 70.5 Å². The van der Waals surface area contributed by atoms with Crippen molar-refractivity contribution < 1.29 is 8.42 Å². The smallest absolute Gasteiger partial charge is 0.238 e. The molecular weight excluding hydrogens is 386 g/mol. The van der Waals surface area contributed by atoms with Crippen molar-refractivity contribution in [2.45, 2.75) is 18.7 Å². The van der Waals surface area contributed by atoms with E-state index >= 15 is 0 Å². The summed E-state index contributed by atoms with van der Waals surface area (Å²) in [6.45, 7) is 3.86. The van der Waals surface area contributed by atoms with Crippen LogP contribution in [-0.2, 0) is 10.0 Å². The molecule has 3 N–H and O–H groups in total. The lowest BCUT2D eigenvalue weighted by atomic mass is 10.2. The summed E-state index contributed by atoms with van der Waals surface area (Å²) in [4.78, 5) is 0.0373. The average Bonchev–Trinajstić information content (AvgIpc) is 2.90. The normalized spacial score (nSPS) is 11.9. The largest absolute Gasteiger partial charge is 0.279 e. The molecule has 7 nitrogen and oxygen atoms in total. The van der Waals surface area contributed by atoms with Gasteiger partial charge in [0.15, 0.2) is 0 Å². The molecule has 0 aliphatic carbocycles. The number of rotatable bonds is 5. The molecule has 3 rings (SSSR count). The fourth-order valence-corrected chi connectivity index (χ4v) is 3.24. The summed E-state index contributed by atoms with van der Waals surface area (Å²) >= 11 is 6.46. The molecule has 2 aromatic carbocycles. The number of aromatic nitrogens is 2. The fourth-order valence-electron chi connectivity index (χ4n) is 2.41. The van der Waals surface area contributed by atoms with E-state index in [2.05, 4.69) is 15.6 Å². The Labute approximate surface area is 162 Å². The maximum atomic E-state index is 11.3. The van der Waals surface area contributed by atoms with Gasteiger partial charge in [-0.25, -0.2) is 18.2 Å². The van der Waals surface area contributed by atoms with E-state index in [1.807, 2.05) is 38.1 Å². The summed E-state index contributed by atoms with van der Waals surface area (Å²) < 4.78 is 24.2. The fraction of sp³-hybridized carbons (Fsp3) is 0.111. The van der Waals surface area contributed by atoms with Crippen LogP contribution in [0, 0.1) is 13.8 Å². The number of nitrogens with zero attached hydrogens (tertiary/aromatic N) is 3. The summed E-state index contributed by atoms with van der Waals surface area (Å²) in [5.41, 5.74) is 6.86. The first-order valence-electron chi connectivity index (χ1n) is 8.00. The van der Waals surface area contributed by atoms with Crippen LogP contribution in [0.1, 0.15) is 16.8 Å². The zero-order chi connectivity index (χ0) is 19.6. The quantitative estimate of drug-likeness (QED) is 0.504. The second-order valence-corrected chi connectivity index (χ2v) is 7.90. The van der Waals surface area contributed by atoms with Crippen molar-refractivity contribution in [1.82, 2.24) is 9.78 Å². The average molecular weight is 404 g/mol. The number of hydrazone groups is 1. The molecule has 3 aromatic rings. The number of hydrogen-bond acceptors (Lipinski definition) is 5. The summed E-state index contributed by atoms with van der Waals surface area (Å²) in [5, 5.41) is 14.1. The first kappa shape index (κ1) is 19.1. The molecule has 0 saturated carbocycles. The predicted molar refractivity (Wildman–Crippen MR) is 107 cm³/mol. The second kappa shape index (κ2) is 7.51. The van der Waals surface area contributed by atoms with Crippen molar-refractivity contribution in [2.24, 2.45) is 10.2 Å². The van der Waals surface area contributed by atoms with E-state index in [1.54, 1.807) is 23.0 Å². The maximum Gasteiger partial charge on any atom is 0.238 e. The van der Waals surface area contributed by atoms with Crippen molar-refractivity contribution in [1.29, 1.82) is 0 Å². The zero-order valence-corrected chi connectivity index (χ0v) is 16.3. The third-order valence-electron chi connectivity index (χ3n) is 3.90. The van der Waals surface area contributed by atoms with E-state index in [1.165, 1.54) is 12.1 Å². The molecule has 0 aliphatic heterocycles. The van der Waals surface area contributed by atoms with E-state index in [0.29, 0.717) is 16.4 Å². The van der Waals surface area contributed by atoms with Crippen LogP contribution >= 0.6 is 11.6 Å². The molecule has 0 amide bonds. The molecule has 0 spiro atoms. The van der Waals surface area contributed by atoms with Gasteiger partial charge in [-0.1, -0.05) is 29.3 Å². The molecule has 0 saturated heterocycles. The first-order chi connectivity index (χ1) is 12.8. The van der Waals surface area contributed by atoms with Gasteiger partial charge in [-0.2, -0.15) is 10.2 Å². The monoisotopic (exact) mass is 403 g/mol. The number of nitrogens with one attached hydrogen (secondary N) is 1. The minimum Gasteiger partial charge on any atom is -0.279 e. The standard InChI is InChI=1S/C18H18ClN5O2S/c1-12-3-7-15(8-4-12)24-18(19)17(13(2)23-24)11-21-22-14-5-9-16(10-6-14)27(20,25)26/h3-11,22H,1-2H3,(H2,20,25,26). The molecule has 1 aromatic heterocycles. The Morgan fingerprint density at radius 1 is 1.11 bits per heavy atom. The van der Waals surface area contributed by atoms with Crippen molar-refractivity contribution >= 4 is 33.5 Å². The summed E-state index contributed by atoms with van der Waals surface area (Å²) in [5.74, 6) is 0. The number of halogens is 1. The van der Waals surface area contributed by atoms with Crippen molar-refractivity contribution in [3.63, 3.8) is 0 Å². The highest BCUT2D eigenvalue weighted by molar-refractivity contribution is 7.89. The lowest BCUT2D eigenvalue weighted by Crippen LogP contribution is -2.11. The molecule has 0 atom stereocenters. The number of anilines is 1. The third kappa shape index (κ3) is 4.36. The molecule has 0 radical (unpaired) electrons. The predicted octanol–water partition coefficient (Wildman–Crippen LogP) is 3.24. The van der Waals surface area contributed by atoms with E-state index in [-0.39, 0.29) is 4.90 Å². The topological polar surface area (TPSA) is 102 Å². The van der Waals surface area contributed by atoms with Gasteiger partial charge in [0.25, 0.3) is 0 Å². The van der Waals surface area contributed by atoms with Crippen LogP contribution in [0.4, 0.5) is 5.69 Å². The van der Waals surface area contributed by atoms with Gasteiger partial charge in [-0.3, -0.25) is 5.43 Å². The molecule has 0 fully saturated rings. The SMILES string of the molecule is Cc1ccc(-n2nc(C)c(C=NNc3ccc(S(N)(=O)=O)cc3)c2Cl)cc1. The van der Waals surface area contributed by atoms with Gasteiger partial charge < -0.3 is 0 Å². The Morgan fingerprint density at radius 3 is 2.33 bits per heavy atom. The number of sulfonamides is 1. The molecule has 1 heterocycles. The highest BCUT2D eigenvalue weighted by atomic mass is 35.5. The molecule has 9 heteroatoms. The van der Waals surface area contributed by atoms with Gasteiger partial charge in [0.05, 0.1) is 33.7 Å². The van der Waals surface area contributed by atoms with Gasteiger partial charge in [0, 0.05) is 0 Å². The van der Waals surface area contributed by atoms with Crippen LogP contribution in [-0.4, -0.2) is 24.4 Å². The molecule has 140 valence electrons. The highest BCUT2D eigenvalue weighted by Gasteiger charge is 2.13. The Balaban J connectivity index is 1.78. The minimum absolute atomic E-state index is 0.0373. The zero-order valence-electron chi connectivity index (χ0n) is 14.7. The van der Waals surface area contributed by atoms with Crippen LogP contribution in [0.3, 0.4) is 0 Å². The third-order valence-corrected chi connectivity index (χ3v) is 5.19. The van der Waals surface area contributed by atoms with E-state index in [0.717, 1.165) is 16.9 Å². The minimum atomic E-state index is -3.72. The van der Waals surface area contributed by atoms with Gasteiger partial charge in [0.2, 0.25) is 10.0 Å². The van der Waals surface area contributed by atoms with Gasteiger partial charge >= 0.3 is 0 Å². The Morgan fingerprint density at radius 2 is 1.74 bits per heavy atom. The summed E-state index contributed by atoms with van der Waals surface area (Å²) in [6.07, 6.45) is 1.57. The van der Waals surface area contributed by atoms with Crippen LogP contribution in [0.15, 0.2) is 58.5 Å². The van der Waals surface area contributed by atoms with Crippen LogP contribution in [0.25, 0.3) is 5.69 Å².